The molecule has 1 aliphatic heterocycles. The predicted octanol–water partition coefficient (Wildman–Crippen LogP) is 1.56. The summed E-state index contributed by atoms with van der Waals surface area (Å²) in [6.07, 6.45) is 0.870. The third-order valence-electron chi connectivity index (χ3n) is 3.66. The van der Waals surface area contributed by atoms with Crippen LogP contribution in [0.2, 0.25) is 0 Å². The molecular weight excluding hydrogens is 336 g/mol. The third kappa shape index (κ3) is 4.81. The van der Waals surface area contributed by atoms with Crippen LogP contribution < -0.4 is 10.6 Å². The topological polar surface area (TPSA) is 100 Å². The van der Waals surface area contributed by atoms with Crippen LogP contribution in [0, 0.1) is 0 Å². The Morgan fingerprint density at radius 3 is 2.58 bits per heavy atom. The van der Waals surface area contributed by atoms with E-state index in [4.69, 9.17) is 4.74 Å². The zero-order valence-corrected chi connectivity index (χ0v) is 15.6. The van der Waals surface area contributed by atoms with Crippen molar-refractivity contribution in [3.63, 3.8) is 0 Å². The van der Waals surface area contributed by atoms with Gasteiger partial charge in [-0.3, -0.25) is 9.59 Å². The molecule has 0 spiro atoms. The van der Waals surface area contributed by atoms with Gasteiger partial charge in [-0.1, -0.05) is 24.3 Å². The van der Waals surface area contributed by atoms with Gasteiger partial charge < -0.3 is 15.4 Å². The number of alkyl carbamates (subject to hydrolysis) is 1. The summed E-state index contributed by atoms with van der Waals surface area (Å²) in [5.41, 5.74) is 0.711. The summed E-state index contributed by atoms with van der Waals surface area (Å²) >= 11 is 0. The molecule has 26 heavy (non-hydrogen) atoms. The number of rotatable bonds is 3. The lowest BCUT2D eigenvalue weighted by Gasteiger charge is -2.24. The Bertz CT molecular complexity index is 739. The number of carbonyl (C=O) groups excluding carboxylic acids is 3. The van der Waals surface area contributed by atoms with Gasteiger partial charge in [-0.2, -0.15) is 5.10 Å². The second kappa shape index (κ2) is 7.55. The van der Waals surface area contributed by atoms with Crippen molar-refractivity contribution in [1.29, 1.82) is 0 Å². The minimum atomic E-state index is -0.894. The van der Waals surface area contributed by atoms with Gasteiger partial charge in [0, 0.05) is 12.6 Å². The number of ether oxygens (including phenoxy) is 1. The molecule has 2 atom stereocenters. The van der Waals surface area contributed by atoms with Crippen molar-refractivity contribution < 1.29 is 19.1 Å². The summed E-state index contributed by atoms with van der Waals surface area (Å²) in [4.78, 5) is 36.9. The molecule has 1 aromatic rings. The van der Waals surface area contributed by atoms with E-state index in [9.17, 15) is 14.4 Å². The Labute approximate surface area is 152 Å². The van der Waals surface area contributed by atoms with E-state index in [0.29, 0.717) is 5.56 Å². The third-order valence-corrected chi connectivity index (χ3v) is 3.66. The highest BCUT2D eigenvalue weighted by molar-refractivity contribution is 5.96. The van der Waals surface area contributed by atoms with Crippen molar-refractivity contribution in [1.82, 2.24) is 15.6 Å². The summed E-state index contributed by atoms with van der Waals surface area (Å²) in [6.45, 7) is 6.71. The molecule has 0 saturated heterocycles. The molecule has 1 aliphatic rings. The minimum absolute atomic E-state index is 0.371. The maximum atomic E-state index is 12.6. The van der Waals surface area contributed by atoms with Crippen molar-refractivity contribution in [2.45, 2.75) is 45.4 Å². The number of hydrogen-bond donors (Lipinski definition) is 2. The lowest BCUT2D eigenvalue weighted by atomic mass is 10.00. The number of hydrogen-bond acceptors (Lipinski definition) is 5. The number of nitrogens with zero attached hydrogens (tertiary/aromatic N) is 2. The highest BCUT2D eigenvalue weighted by Crippen LogP contribution is 2.22. The molecule has 0 aromatic heterocycles. The van der Waals surface area contributed by atoms with Crippen LogP contribution in [-0.2, 0) is 14.3 Å². The second-order valence-electron chi connectivity index (χ2n) is 7.04. The molecule has 0 unspecified atom stereocenters. The standard InChI is InChI=1S/C18H24N4O4/c1-11(20-17(25)26-18(2,3)4)15(23)21-14-13-9-7-6-8-12(13)10-19-22(5)16(14)24/h6-11,14H,1-5H3,(H,20,25)(H,21,23)/t11-,14-/m0/s1. The van der Waals surface area contributed by atoms with Crippen molar-refractivity contribution in [2.75, 3.05) is 7.05 Å². The predicted molar refractivity (Wildman–Crippen MR) is 96.5 cm³/mol. The number of carbonyl (C=O) groups is 3. The van der Waals surface area contributed by atoms with E-state index in [1.165, 1.54) is 19.0 Å². The van der Waals surface area contributed by atoms with Gasteiger partial charge in [0.15, 0.2) is 0 Å². The number of nitrogens with one attached hydrogen (secondary N) is 2. The molecule has 2 N–H and O–H groups in total. The highest BCUT2D eigenvalue weighted by Gasteiger charge is 2.31. The monoisotopic (exact) mass is 360 g/mol. The number of hydrazone groups is 1. The van der Waals surface area contributed by atoms with Crippen LogP contribution in [0.5, 0.6) is 0 Å². The van der Waals surface area contributed by atoms with Crippen LogP contribution >= 0.6 is 0 Å². The lowest BCUT2D eigenvalue weighted by Crippen LogP contribution is -2.49. The molecule has 0 radical (unpaired) electrons. The Morgan fingerprint density at radius 1 is 1.27 bits per heavy atom. The maximum absolute atomic E-state index is 12.6. The average molecular weight is 360 g/mol. The van der Waals surface area contributed by atoms with E-state index in [2.05, 4.69) is 15.7 Å². The number of likely N-dealkylation sites (N-methyl/N-ethyl adjacent to an activating group) is 1. The van der Waals surface area contributed by atoms with E-state index >= 15 is 0 Å². The van der Waals surface area contributed by atoms with Crippen LogP contribution in [0.25, 0.3) is 0 Å². The fourth-order valence-corrected chi connectivity index (χ4v) is 2.37. The van der Waals surface area contributed by atoms with E-state index in [-0.39, 0.29) is 5.91 Å². The lowest BCUT2D eigenvalue weighted by molar-refractivity contribution is -0.135. The maximum Gasteiger partial charge on any atom is 0.408 e. The smallest absolute Gasteiger partial charge is 0.408 e. The van der Waals surface area contributed by atoms with Crippen molar-refractivity contribution in [2.24, 2.45) is 5.10 Å². The Morgan fingerprint density at radius 2 is 1.92 bits per heavy atom. The van der Waals surface area contributed by atoms with Crippen LogP contribution in [0.15, 0.2) is 29.4 Å². The normalized spacial score (nSPS) is 17.8. The zero-order valence-electron chi connectivity index (χ0n) is 15.6. The largest absolute Gasteiger partial charge is 0.444 e. The summed E-state index contributed by atoms with van der Waals surface area (Å²) in [5, 5.41) is 10.4. The second-order valence-corrected chi connectivity index (χ2v) is 7.04. The molecule has 0 aliphatic carbocycles. The molecule has 0 saturated carbocycles. The van der Waals surface area contributed by atoms with Gasteiger partial charge in [-0.25, -0.2) is 9.80 Å². The van der Waals surface area contributed by atoms with Crippen molar-refractivity contribution >= 4 is 24.1 Å². The van der Waals surface area contributed by atoms with Crippen LogP contribution in [0.3, 0.4) is 0 Å². The molecule has 1 heterocycles. The van der Waals surface area contributed by atoms with E-state index in [0.717, 1.165) is 5.56 Å². The molecule has 3 amide bonds. The van der Waals surface area contributed by atoms with Crippen LogP contribution in [-0.4, -0.2) is 47.8 Å². The highest BCUT2D eigenvalue weighted by atomic mass is 16.6. The minimum Gasteiger partial charge on any atom is -0.444 e. The molecule has 2 rings (SSSR count). The van der Waals surface area contributed by atoms with E-state index in [1.807, 2.05) is 12.1 Å². The summed E-state index contributed by atoms with van der Waals surface area (Å²) in [5.74, 6) is -0.872. The molecule has 8 nitrogen and oxygen atoms in total. The van der Waals surface area contributed by atoms with Crippen LogP contribution in [0.4, 0.5) is 4.79 Å². The summed E-state index contributed by atoms with van der Waals surface area (Å²) in [7, 11) is 1.52. The van der Waals surface area contributed by atoms with Crippen molar-refractivity contribution in [3.8, 4) is 0 Å². The van der Waals surface area contributed by atoms with Gasteiger partial charge in [0.05, 0.1) is 6.21 Å². The Hall–Kier alpha value is -2.90. The fourth-order valence-electron chi connectivity index (χ4n) is 2.37. The van der Waals surface area contributed by atoms with Gasteiger partial charge in [0.1, 0.15) is 17.7 Å². The number of fused-ring (bicyclic) bond motifs is 1. The van der Waals surface area contributed by atoms with Gasteiger partial charge in [0.25, 0.3) is 5.91 Å². The molecule has 140 valence electrons. The van der Waals surface area contributed by atoms with Gasteiger partial charge in [0.2, 0.25) is 5.91 Å². The van der Waals surface area contributed by atoms with Crippen LogP contribution in [0.1, 0.15) is 44.9 Å². The molecule has 8 heteroatoms. The molecule has 0 bridgehead atoms. The Balaban J connectivity index is 2.12. The molecule has 0 fully saturated rings. The first-order chi connectivity index (χ1) is 12.1. The van der Waals surface area contributed by atoms with Gasteiger partial charge in [-0.05, 0) is 33.3 Å². The summed E-state index contributed by atoms with van der Waals surface area (Å²) < 4.78 is 5.14. The molecule has 1 aromatic carbocycles. The van der Waals surface area contributed by atoms with Gasteiger partial charge in [-0.15, -0.1) is 0 Å². The van der Waals surface area contributed by atoms with Crippen molar-refractivity contribution in [3.05, 3.63) is 35.4 Å². The number of benzene rings is 1. The quantitative estimate of drug-likeness (QED) is 0.854. The fraction of sp³-hybridized carbons (Fsp3) is 0.444. The van der Waals surface area contributed by atoms with E-state index in [1.54, 1.807) is 39.1 Å². The first kappa shape index (κ1) is 19.4. The average Bonchev–Trinajstić information content (AvgIpc) is 2.65. The van der Waals surface area contributed by atoms with E-state index < -0.39 is 29.7 Å². The zero-order chi connectivity index (χ0) is 19.5. The first-order valence-corrected chi connectivity index (χ1v) is 8.29. The first-order valence-electron chi connectivity index (χ1n) is 8.29. The molecular formula is C18H24N4O4. The Kier molecular flexibility index (Phi) is 5.64. The number of amides is 3. The SMILES string of the molecule is C[C@H](NC(=O)OC(C)(C)C)C(=O)N[C@@H]1C(=O)N(C)N=Cc2ccccc21. The summed E-state index contributed by atoms with van der Waals surface area (Å²) in [6, 6.07) is 5.41. The van der Waals surface area contributed by atoms with Gasteiger partial charge >= 0.3 is 6.09 Å².